The molecule has 0 aromatic heterocycles. The number of carbonyl (C=O) groups is 1. The minimum atomic E-state index is -0.947. The summed E-state index contributed by atoms with van der Waals surface area (Å²) in [5.41, 5.74) is 2.98. The number of phenolic OH excluding ortho intramolecular Hbond substituents is 1. The molecule has 174 valence electrons. The van der Waals surface area contributed by atoms with Crippen LogP contribution in [0, 0.1) is 0 Å². The topological polar surface area (TPSA) is 73.2 Å². The number of benzene rings is 1. The lowest BCUT2D eigenvalue weighted by molar-refractivity contribution is -0.198. The predicted octanol–water partition coefficient (Wildman–Crippen LogP) is 2.81. The van der Waals surface area contributed by atoms with Crippen LogP contribution in [0.15, 0.2) is 35.9 Å². The van der Waals surface area contributed by atoms with E-state index in [1.807, 2.05) is 12.1 Å². The van der Waals surface area contributed by atoms with E-state index < -0.39 is 11.0 Å². The van der Waals surface area contributed by atoms with Crippen LogP contribution in [0.2, 0.25) is 0 Å². The van der Waals surface area contributed by atoms with E-state index >= 15 is 0 Å². The van der Waals surface area contributed by atoms with Crippen molar-refractivity contribution in [2.45, 2.75) is 80.6 Å². The van der Waals surface area contributed by atoms with Gasteiger partial charge in [-0.15, -0.1) is 6.58 Å². The molecule has 1 aromatic carbocycles. The van der Waals surface area contributed by atoms with Gasteiger partial charge in [0.05, 0.1) is 17.1 Å². The Kier molecular flexibility index (Phi) is 4.04. The van der Waals surface area contributed by atoms with Crippen LogP contribution in [0.4, 0.5) is 0 Å². The molecule has 3 heterocycles. The fourth-order valence-electron chi connectivity index (χ4n) is 8.43. The standard InChI is InChI=1S/C27H32N2O4/c1-2-12-28-13-11-26-22-16-7-8-20(30)23(22)33-24(26)19(9-10-27(26,32)21(28)14-16)29-15-17-5-3-4-6-18(17)25(29)31/h2,7-8,19,21,24,30,32H,1,3-6,9-15H2/t19-,21-,24+,26+,27-/m1/s1. The third kappa shape index (κ3) is 2.29. The second kappa shape index (κ2) is 6.63. The number of phenols is 1. The van der Waals surface area contributed by atoms with Gasteiger partial charge in [-0.2, -0.15) is 0 Å². The lowest BCUT2D eigenvalue weighted by Gasteiger charge is -2.64. The van der Waals surface area contributed by atoms with E-state index in [0.29, 0.717) is 18.7 Å². The summed E-state index contributed by atoms with van der Waals surface area (Å²) in [6.07, 6.45) is 8.62. The highest BCUT2D eigenvalue weighted by atomic mass is 16.5. The molecule has 3 aliphatic heterocycles. The van der Waals surface area contributed by atoms with Crippen LogP contribution in [0.3, 0.4) is 0 Å². The Bertz CT molecular complexity index is 1110. The Hall–Kier alpha value is -2.31. The lowest BCUT2D eigenvalue weighted by Crippen LogP contribution is -2.78. The first-order chi connectivity index (χ1) is 16.0. The first kappa shape index (κ1) is 20.1. The number of aliphatic hydroxyl groups is 1. The maximum Gasteiger partial charge on any atom is 0.250 e. The first-order valence-corrected chi connectivity index (χ1v) is 12.6. The van der Waals surface area contributed by atoms with Gasteiger partial charge in [0.2, 0.25) is 5.91 Å². The number of hydrogen-bond donors (Lipinski definition) is 2. The number of amides is 1. The van der Waals surface area contributed by atoms with Crippen molar-refractivity contribution in [3.63, 3.8) is 0 Å². The number of hydrogen-bond acceptors (Lipinski definition) is 5. The van der Waals surface area contributed by atoms with Crippen molar-refractivity contribution in [3.8, 4) is 11.5 Å². The minimum absolute atomic E-state index is 0.0140. The van der Waals surface area contributed by atoms with E-state index in [-0.39, 0.29) is 29.8 Å². The second-order valence-corrected chi connectivity index (χ2v) is 11.0. The Morgan fingerprint density at radius 3 is 2.91 bits per heavy atom. The summed E-state index contributed by atoms with van der Waals surface area (Å²) in [4.78, 5) is 17.9. The van der Waals surface area contributed by atoms with Crippen molar-refractivity contribution in [3.05, 3.63) is 47.1 Å². The van der Waals surface area contributed by atoms with E-state index in [1.54, 1.807) is 6.07 Å². The van der Waals surface area contributed by atoms with E-state index in [9.17, 15) is 15.0 Å². The summed E-state index contributed by atoms with van der Waals surface area (Å²) in [6.45, 7) is 6.25. The van der Waals surface area contributed by atoms with Crippen LogP contribution in [-0.4, -0.2) is 69.3 Å². The Balaban J connectivity index is 1.36. The molecule has 3 aliphatic carbocycles. The van der Waals surface area contributed by atoms with Gasteiger partial charge in [0.15, 0.2) is 11.5 Å². The zero-order chi connectivity index (χ0) is 22.5. The molecule has 2 N–H and O–H groups in total. The molecule has 1 amide bonds. The van der Waals surface area contributed by atoms with E-state index in [2.05, 4.69) is 16.4 Å². The minimum Gasteiger partial charge on any atom is -0.504 e. The normalized spacial score (nSPS) is 38.8. The number of ether oxygens (including phenoxy) is 1. The predicted molar refractivity (Wildman–Crippen MR) is 123 cm³/mol. The van der Waals surface area contributed by atoms with Crippen LogP contribution in [0.25, 0.3) is 0 Å². The van der Waals surface area contributed by atoms with E-state index in [4.69, 9.17) is 4.74 Å². The largest absolute Gasteiger partial charge is 0.504 e. The molecule has 1 saturated heterocycles. The number of carbonyl (C=O) groups excluding carboxylic acids is 1. The Labute approximate surface area is 194 Å². The lowest BCUT2D eigenvalue weighted by atomic mass is 9.48. The summed E-state index contributed by atoms with van der Waals surface area (Å²) in [5, 5.41) is 23.3. The molecule has 2 bridgehead atoms. The molecule has 1 aromatic rings. The molecular weight excluding hydrogens is 416 g/mol. The fourth-order valence-corrected chi connectivity index (χ4v) is 8.43. The van der Waals surface area contributed by atoms with Crippen molar-refractivity contribution < 1.29 is 19.7 Å². The van der Waals surface area contributed by atoms with Gasteiger partial charge < -0.3 is 19.8 Å². The first-order valence-electron chi connectivity index (χ1n) is 12.6. The molecule has 5 atom stereocenters. The van der Waals surface area contributed by atoms with E-state index in [0.717, 1.165) is 69.2 Å². The van der Waals surface area contributed by atoms with Crippen LogP contribution < -0.4 is 4.74 Å². The van der Waals surface area contributed by atoms with Crippen LogP contribution in [0.1, 0.15) is 56.1 Å². The van der Waals surface area contributed by atoms with Gasteiger partial charge in [0.25, 0.3) is 0 Å². The smallest absolute Gasteiger partial charge is 0.250 e. The third-order valence-electron chi connectivity index (χ3n) is 9.77. The zero-order valence-corrected chi connectivity index (χ0v) is 19.1. The molecule has 33 heavy (non-hydrogen) atoms. The Morgan fingerprint density at radius 2 is 2.09 bits per heavy atom. The molecule has 6 nitrogen and oxygen atoms in total. The van der Waals surface area contributed by atoms with Gasteiger partial charge in [0, 0.05) is 30.3 Å². The van der Waals surface area contributed by atoms with Gasteiger partial charge in [0.1, 0.15) is 6.10 Å². The SMILES string of the molecule is C=CCN1CC[C@]23c4c5ccc(O)c4O[C@H]2[C@H](N2CC4=C(CCCC4)C2=O)CC[C@@]3(O)[C@H]1C5. The summed E-state index contributed by atoms with van der Waals surface area (Å²) >= 11 is 0. The molecular formula is C27H32N2O4. The summed E-state index contributed by atoms with van der Waals surface area (Å²) in [6, 6.07) is 3.64. The number of piperidine rings is 1. The van der Waals surface area contributed by atoms with Crippen LogP contribution >= 0.6 is 0 Å². The maximum atomic E-state index is 13.5. The second-order valence-electron chi connectivity index (χ2n) is 11.0. The number of aromatic hydroxyl groups is 1. The molecule has 1 saturated carbocycles. The van der Waals surface area contributed by atoms with Crippen molar-refractivity contribution in [1.82, 2.24) is 9.80 Å². The van der Waals surface area contributed by atoms with Gasteiger partial charge in [-0.3, -0.25) is 9.69 Å². The van der Waals surface area contributed by atoms with Crippen LogP contribution in [-0.2, 0) is 16.6 Å². The average Bonchev–Trinajstić information content (AvgIpc) is 3.33. The van der Waals surface area contributed by atoms with Crippen molar-refractivity contribution in [2.24, 2.45) is 0 Å². The summed E-state index contributed by atoms with van der Waals surface area (Å²) < 4.78 is 6.64. The van der Waals surface area contributed by atoms with Gasteiger partial charge in [-0.05, 0) is 75.1 Å². The summed E-state index contributed by atoms with van der Waals surface area (Å²) in [7, 11) is 0. The van der Waals surface area contributed by atoms with Crippen molar-refractivity contribution in [2.75, 3.05) is 19.6 Å². The maximum absolute atomic E-state index is 13.5. The number of likely N-dealkylation sites (tertiary alicyclic amines) is 1. The molecule has 0 unspecified atom stereocenters. The fraction of sp³-hybridized carbons (Fsp3) is 0.593. The third-order valence-corrected chi connectivity index (χ3v) is 9.77. The molecule has 1 spiro atoms. The molecule has 2 fully saturated rings. The van der Waals surface area contributed by atoms with Gasteiger partial charge >= 0.3 is 0 Å². The molecule has 0 radical (unpaired) electrons. The summed E-state index contributed by atoms with van der Waals surface area (Å²) in [5.74, 6) is 0.871. The average molecular weight is 449 g/mol. The highest BCUT2D eigenvalue weighted by Crippen LogP contribution is 2.66. The van der Waals surface area contributed by atoms with Gasteiger partial charge in [-0.1, -0.05) is 12.1 Å². The van der Waals surface area contributed by atoms with E-state index in [1.165, 1.54) is 11.1 Å². The number of rotatable bonds is 3. The van der Waals surface area contributed by atoms with Crippen LogP contribution in [0.5, 0.6) is 11.5 Å². The monoisotopic (exact) mass is 448 g/mol. The highest BCUT2D eigenvalue weighted by Gasteiger charge is 2.73. The molecule has 6 aliphatic rings. The highest BCUT2D eigenvalue weighted by molar-refractivity contribution is 5.97. The quantitative estimate of drug-likeness (QED) is 0.696. The Morgan fingerprint density at radius 1 is 1.24 bits per heavy atom. The number of nitrogens with zero attached hydrogens (tertiary/aromatic N) is 2. The molecule has 6 heteroatoms. The van der Waals surface area contributed by atoms with Gasteiger partial charge in [-0.25, -0.2) is 0 Å². The van der Waals surface area contributed by atoms with Crippen molar-refractivity contribution in [1.29, 1.82) is 0 Å². The van der Waals surface area contributed by atoms with Crippen molar-refractivity contribution >= 4 is 5.91 Å². The zero-order valence-electron chi connectivity index (χ0n) is 19.1. The molecule has 7 rings (SSSR count).